The van der Waals surface area contributed by atoms with Gasteiger partial charge in [-0.05, 0) is 45.4 Å². The molecule has 0 unspecified atom stereocenters. The van der Waals surface area contributed by atoms with Gasteiger partial charge in [0.25, 0.3) is 5.91 Å². The molecule has 0 saturated carbocycles. The highest BCUT2D eigenvalue weighted by atomic mass is 16.5. The second kappa shape index (κ2) is 12.6. The smallest absolute Gasteiger partial charge is 0.318 e. The van der Waals surface area contributed by atoms with Crippen LogP contribution in [0.2, 0.25) is 0 Å². The Balaban J connectivity index is 1.58. The van der Waals surface area contributed by atoms with Crippen LogP contribution >= 0.6 is 0 Å². The van der Waals surface area contributed by atoms with Crippen molar-refractivity contribution in [1.82, 2.24) is 20.1 Å². The molecule has 0 aromatic heterocycles. The summed E-state index contributed by atoms with van der Waals surface area (Å²) in [6.07, 6.45) is 0.573. The summed E-state index contributed by atoms with van der Waals surface area (Å²) in [5.74, 6) is 0.518. The molecule has 1 saturated heterocycles. The molecule has 0 spiro atoms. The third-order valence-electron chi connectivity index (χ3n) is 6.92. The number of hydrogen-bond donors (Lipinski definition) is 1. The van der Waals surface area contributed by atoms with Gasteiger partial charge in [0.15, 0.2) is 0 Å². The monoisotopic (exact) mass is 535 g/mol. The number of nitrogens with one attached hydrogen (secondary N) is 1. The molecule has 9 nitrogen and oxygen atoms in total. The number of nitrogens with zero attached hydrogens (tertiary/aromatic N) is 4. The van der Waals surface area contributed by atoms with Gasteiger partial charge >= 0.3 is 6.03 Å². The van der Waals surface area contributed by atoms with Gasteiger partial charge in [0.2, 0.25) is 0 Å². The van der Waals surface area contributed by atoms with Crippen LogP contribution in [0.15, 0.2) is 53.6 Å². The lowest BCUT2D eigenvalue weighted by molar-refractivity contribution is -0.133. The highest BCUT2D eigenvalue weighted by Gasteiger charge is 2.35. The Hall–Kier alpha value is -3.43. The quantitative estimate of drug-likeness (QED) is 0.555. The Morgan fingerprint density at radius 1 is 1.13 bits per heavy atom. The minimum Gasteiger partial charge on any atom is -0.497 e. The Labute approximate surface area is 231 Å². The van der Waals surface area contributed by atoms with E-state index in [0.29, 0.717) is 32.7 Å². The van der Waals surface area contributed by atoms with Gasteiger partial charge in [0.1, 0.15) is 12.3 Å². The molecule has 210 valence electrons. The molecule has 2 aliphatic heterocycles. The number of methoxy groups -OCH3 is 1. The zero-order chi connectivity index (χ0) is 28.0. The normalized spacial score (nSPS) is 18.0. The molecule has 9 heteroatoms. The van der Waals surface area contributed by atoms with E-state index >= 15 is 0 Å². The molecule has 3 amide bonds. The third kappa shape index (κ3) is 7.80. The van der Waals surface area contributed by atoms with Gasteiger partial charge in [-0.15, -0.1) is 0 Å². The fraction of sp³-hybridized carbons (Fsp3) is 0.500. The number of benzene rings is 2. The van der Waals surface area contributed by atoms with E-state index in [9.17, 15) is 9.59 Å². The second-order valence-corrected chi connectivity index (χ2v) is 11.2. The molecule has 0 aliphatic carbocycles. The van der Waals surface area contributed by atoms with Crippen molar-refractivity contribution in [2.24, 2.45) is 5.10 Å². The molecule has 4 rings (SSSR count). The van der Waals surface area contributed by atoms with E-state index in [2.05, 4.69) is 10.2 Å². The van der Waals surface area contributed by atoms with Gasteiger partial charge in [-0.25, -0.2) is 9.80 Å². The van der Waals surface area contributed by atoms with Crippen LogP contribution in [-0.4, -0.2) is 91.0 Å². The van der Waals surface area contributed by atoms with Crippen LogP contribution in [0, 0.1) is 6.92 Å². The number of carbonyl (C=O) groups is 2. The van der Waals surface area contributed by atoms with Crippen molar-refractivity contribution in [3.63, 3.8) is 0 Å². The summed E-state index contributed by atoms with van der Waals surface area (Å²) >= 11 is 0. The number of hydrogen-bond acceptors (Lipinski definition) is 6. The lowest BCUT2D eigenvalue weighted by atomic mass is 9.97. The summed E-state index contributed by atoms with van der Waals surface area (Å²) in [5.41, 5.74) is 3.46. The Morgan fingerprint density at radius 3 is 2.51 bits per heavy atom. The molecule has 1 N–H and O–H groups in total. The number of urea groups is 1. The van der Waals surface area contributed by atoms with Crippen LogP contribution < -0.4 is 10.1 Å². The summed E-state index contributed by atoms with van der Waals surface area (Å²) < 4.78 is 10.9. The largest absolute Gasteiger partial charge is 0.497 e. The molecule has 1 fully saturated rings. The second-order valence-electron chi connectivity index (χ2n) is 11.2. The number of hydrazone groups is 1. The van der Waals surface area contributed by atoms with Crippen LogP contribution in [0.5, 0.6) is 5.75 Å². The van der Waals surface area contributed by atoms with Crippen molar-refractivity contribution in [2.75, 3.05) is 53.0 Å². The van der Waals surface area contributed by atoms with E-state index in [4.69, 9.17) is 14.6 Å². The first-order chi connectivity index (χ1) is 18.6. The van der Waals surface area contributed by atoms with Crippen molar-refractivity contribution in [3.05, 3.63) is 65.2 Å². The molecular weight excluding hydrogens is 494 g/mol. The predicted molar refractivity (Wildman–Crippen MR) is 152 cm³/mol. The lowest BCUT2D eigenvalue weighted by Crippen LogP contribution is -2.53. The zero-order valence-corrected chi connectivity index (χ0v) is 23.8. The van der Waals surface area contributed by atoms with Crippen LogP contribution in [0.25, 0.3) is 0 Å². The van der Waals surface area contributed by atoms with Crippen LogP contribution in [0.1, 0.15) is 49.9 Å². The first-order valence-corrected chi connectivity index (χ1v) is 13.6. The van der Waals surface area contributed by atoms with Gasteiger partial charge in [0.05, 0.1) is 32.1 Å². The summed E-state index contributed by atoms with van der Waals surface area (Å²) in [7, 11) is 1.63. The number of rotatable bonds is 8. The van der Waals surface area contributed by atoms with E-state index in [0.717, 1.165) is 41.2 Å². The Bertz CT molecular complexity index is 1170. The minimum absolute atomic E-state index is 0.0660. The van der Waals surface area contributed by atoms with Crippen molar-refractivity contribution < 1.29 is 19.1 Å². The fourth-order valence-corrected chi connectivity index (χ4v) is 4.74. The van der Waals surface area contributed by atoms with Crippen molar-refractivity contribution in [3.8, 4) is 5.75 Å². The topological polar surface area (TPSA) is 86.7 Å². The minimum atomic E-state index is -0.424. The van der Waals surface area contributed by atoms with E-state index in [-0.39, 0.29) is 24.5 Å². The van der Waals surface area contributed by atoms with Crippen molar-refractivity contribution in [1.29, 1.82) is 0 Å². The number of carbonyl (C=O) groups excluding carboxylic acids is 2. The standard InChI is InChI=1S/C30H41N5O4/c1-22-9-11-23(12-10-22)27-20-26(24-7-6-8-25(19-24)38-5)32-35(27)28(36)21-34(29(37)31-30(2,3)4)14-13-33-15-17-39-18-16-33/h6-12,19,27H,13-18,20-21H2,1-5H3,(H,31,37)/t27-/m1/s1. The maximum Gasteiger partial charge on any atom is 0.318 e. The summed E-state index contributed by atoms with van der Waals surface area (Å²) in [4.78, 5) is 31.0. The molecule has 2 aliphatic rings. The number of morpholine rings is 1. The van der Waals surface area contributed by atoms with E-state index < -0.39 is 5.54 Å². The molecule has 2 heterocycles. The Morgan fingerprint density at radius 2 is 1.85 bits per heavy atom. The maximum atomic E-state index is 13.9. The predicted octanol–water partition coefficient (Wildman–Crippen LogP) is 3.82. The van der Waals surface area contributed by atoms with E-state index in [1.54, 1.807) is 17.0 Å². The highest BCUT2D eigenvalue weighted by Crippen LogP contribution is 2.33. The van der Waals surface area contributed by atoms with E-state index in [1.165, 1.54) is 0 Å². The van der Waals surface area contributed by atoms with E-state index in [1.807, 2.05) is 76.2 Å². The van der Waals surface area contributed by atoms with Crippen molar-refractivity contribution >= 4 is 17.6 Å². The molecule has 39 heavy (non-hydrogen) atoms. The van der Waals surface area contributed by atoms with Crippen LogP contribution in [-0.2, 0) is 9.53 Å². The average Bonchev–Trinajstić information content (AvgIpc) is 3.37. The fourth-order valence-electron chi connectivity index (χ4n) is 4.74. The maximum absolute atomic E-state index is 13.9. The number of ether oxygens (including phenoxy) is 2. The number of aryl methyl sites for hydroxylation is 1. The first kappa shape index (κ1) is 28.6. The highest BCUT2D eigenvalue weighted by molar-refractivity contribution is 6.03. The van der Waals surface area contributed by atoms with Gasteiger partial charge in [-0.2, -0.15) is 5.10 Å². The SMILES string of the molecule is COc1cccc(C2=NN(C(=O)CN(CCN3CCOCC3)C(=O)NC(C)(C)C)[C@@H](c3ccc(C)cc3)C2)c1. The Kier molecular flexibility index (Phi) is 9.24. The molecule has 2 aromatic carbocycles. The van der Waals surface area contributed by atoms with Gasteiger partial charge < -0.3 is 19.7 Å². The molecule has 2 aromatic rings. The van der Waals surface area contributed by atoms with Crippen LogP contribution in [0.3, 0.4) is 0 Å². The average molecular weight is 536 g/mol. The zero-order valence-electron chi connectivity index (χ0n) is 23.8. The van der Waals surface area contributed by atoms with Crippen LogP contribution in [0.4, 0.5) is 4.79 Å². The summed E-state index contributed by atoms with van der Waals surface area (Å²) in [6.45, 7) is 11.9. The third-order valence-corrected chi connectivity index (χ3v) is 6.92. The molecular formula is C30H41N5O4. The molecule has 0 radical (unpaired) electrons. The van der Waals surface area contributed by atoms with Gasteiger partial charge in [0, 0.05) is 43.7 Å². The number of amides is 3. The molecule has 0 bridgehead atoms. The van der Waals surface area contributed by atoms with Gasteiger partial charge in [-0.3, -0.25) is 9.69 Å². The first-order valence-electron chi connectivity index (χ1n) is 13.6. The summed E-state index contributed by atoms with van der Waals surface area (Å²) in [5, 5.41) is 9.39. The van der Waals surface area contributed by atoms with Crippen molar-refractivity contribution in [2.45, 2.75) is 45.7 Å². The molecule has 1 atom stereocenters. The lowest BCUT2D eigenvalue weighted by Gasteiger charge is -2.32. The van der Waals surface area contributed by atoms with Gasteiger partial charge in [-0.1, -0.05) is 42.0 Å². The summed E-state index contributed by atoms with van der Waals surface area (Å²) in [6, 6.07) is 15.4.